The SMILES string of the molecule is COc1ccc(-c2nc(N3CCOCC3)no2)c(N)c1. The van der Waals surface area contributed by atoms with E-state index in [-0.39, 0.29) is 0 Å². The van der Waals surface area contributed by atoms with E-state index in [1.54, 1.807) is 13.2 Å². The van der Waals surface area contributed by atoms with Crippen LogP contribution in [0.4, 0.5) is 11.6 Å². The van der Waals surface area contributed by atoms with Crippen molar-refractivity contribution < 1.29 is 14.0 Å². The van der Waals surface area contributed by atoms with Crippen LogP contribution in [0, 0.1) is 0 Å². The number of ether oxygens (including phenoxy) is 2. The summed E-state index contributed by atoms with van der Waals surface area (Å²) in [5, 5.41) is 4.00. The van der Waals surface area contributed by atoms with Crippen LogP contribution in [0.2, 0.25) is 0 Å². The van der Waals surface area contributed by atoms with Gasteiger partial charge >= 0.3 is 0 Å². The summed E-state index contributed by atoms with van der Waals surface area (Å²) in [4.78, 5) is 6.42. The van der Waals surface area contributed by atoms with Gasteiger partial charge in [-0.2, -0.15) is 4.98 Å². The molecule has 1 fully saturated rings. The first kappa shape index (κ1) is 12.7. The van der Waals surface area contributed by atoms with Crippen LogP contribution >= 0.6 is 0 Å². The Bertz CT molecular complexity index is 593. The maximum absolute atomic E-state index is 5.98. The molecule has 0 aliphatic carbocycles. The summed E-state index contributed by atoms with van der Waals surface area (Å²) >= 11 is 0. The van der Waals surface area contributed by atoms with Crippen molar-refractivity contribution in [1.29, 1.82) is 0 Å². The lowest BCUT2D eigenvalue weighted by Crippen LogP contribution is -2.36. The molecule has 0 saturated carbocycles. The van der Waals surface area contributed by atoms with E-state index >= 15 is 0 Å². The number of benzene rings is 1. The highest BCUT2D eigenvalue weighted by molar-refractivity contribution is 5.72. The van der Waals surface area contributed by atoms with E-state index in [4.69, 9.17) is 19.7 Å². The molecule has 0 unspecified atom stereocenters. The predicted molar refractivity (Wildman–Crippen MR) is 73.7 cm³/mol. The molecule has 1 aliphatic rings. The molecule has 0 bridgehead atoms. The molecule has 0 spiro atoms. The predicted octanol–water partition coefficient (Wildman–Crippen LogP) is 1.16. The molecule has 1 aliphatic heterocycles. The molecule has 106 valence electrons. The molecule has 1 aromatic heterocycles. The lowest BCUT2D eigenvalue weighted by atomic mass is 10.1. The third kappa shape index (κ3) is 2.39. The summed E-state index contributed by atoms with van der Waals surface area (Å²) in [5.74, 6) is 1.67. The first-order valence-corrected chi connectivity index (χ1v) is 6.38. The molecule has 2 N–H and O–H groups in total. The van der Waals surface area contributed by atoms with Gasteiger partial charge in [0.1, 0.15) is 5.75 Å². The largest absolute Gasteiger partial charge is 0.497 e. The van der Waals surface area contributed by atoms with E-state index in [9.17, 15) is 0 Å². The van der Waals surface area contributed by atoms with Gasteiger partial charge in [0.15, 0.2) is 0 Å². The highest BCUT2D eigenvalue weighted by atomic mass is 16.5. The quantitative estimate of drug-likeness (QED) is 0.842. The number of methoxy groups -OCH3 is 1. The monoisotopic (exact) mass is 276 g/mol. The molecule has 20 heavy (non-hydrogen) atoms. The minimum Gasteiger partial charge on any atom is -0.497 e. The van der Waals surface area contributed by atoms with Crippen LogP contribution in [-0.4, -0.2) is 43.6 Å². The van der Waals surface area contributed by atoms with Gasteiger partial charge in [0.2, 0.25) is 0 Å². The van der Waals surface area contributed by atoms with Crippen molar-refractivity contribution in [3.8, 4) is 17.2 Å². The van der Waals surface area contributed by atoms with Crippen LogP contribution in [0.1, 0.15) is 0 Å². The van der Waals surface area contributed by atoms with Gasteiger partial charge in [0.25, 0.3) is 11.8 Å². The van der Waals surface area contributed by atoms with E-state index in [2.05, 4.69) is 10.1 Å². The molecule has 7 heteroatoms. The van der Waals surface area contributed by atoms with Gasteiger partial charge in [0, 0.05) is 24.8 Å². The van der Waals surface area contributed by atoms with Crippen molar-refractivity contribution in [2.45, 2.75) is 0 Å². The van der Waals surface area contributed by atoms with Gasteiger partial charge in [0.05, 0.1) is 25.9 Å². The molecule has 7 nitrogen and oxygen atoms in total. The van der Waals surface area contributed by atoms with Crippen molar-refractivity contribution in [2.75, 3.05) is 44.0 Å². The third-order valence-corrected chi connectivity index (χ3v) is 3.20. The smallest absolute Gasteiger partial charge is 0.266 e. The number of nitrogens with zero attached hydrogens (tertiary/aromatic N) is 3. The number of nitrogens with two attached hydrogens (primary N) is 1. The van der Waals surface area contributed by atoms with Gasteiger partial charge in [-0.3, -0.25) is 0 Å². The van der Waals surface area contributed by atoms with E-state index in [1.807, 2.05) is 17.0 Å². The van der Waals surface area contributed by atoms with Gasteiger partial charge in [-0.15, -0.1) is 0 Å². The fourth-order valence-corrected chi connectivity index (χ4v) is 2.08. The summed E-state index contributed by atoms with van der Waals surface area (Å²) in [6.45, 7) is 2.87. The molecule has 0 atom stereocenters. The Kier molecular flexibility index (Phi) is 3.42. The van der Waals surface area contributed by atoms with Gasteiger partial charge in [-0.25, -0.2) is 0 Å². The van der Waals surface area contributed by atoms with Gasteiger partial charge < -0.3 is 24.6 Å². The average molecular weight is 276 g/mol. The van der Waals surface area contributed by atoms with E-state index in [0.717, 1.165) is 13.1 Å². The van der Waals surface area contributed by atoms with Crippen LogP contribution < -0.4 is 15.4 Å². The first-order valence-electron chi connectivity index (χ1n) is 6.38. The second-order valence-electron chi connectivity index (χ2n) is 4.45. The van der Waals surface area contributed by atoms with Crippen molar-refractivity contribution in [3.05, 3.63) is 18.2 Å². The second kappa shape index (κ2) is 5.38. The van der Waals surface area contributed by atoms with Crippen LogP contribution in [0.15, 0.2) is 22.7 Å². The molecular weight excluding hydrogens is 260 g/mol. The lowest BCUT2D eigenvalue weighted by molar-refractivity contribution is 0.121. The Hall–Kier alpha value is -2.28. The Balaban J connectivity index is 1.85. The minimum absolute atomic E-state index is 0.409. The number of rotatable bonds is 3. The molecule has 2 heterocycles. The molecular formula is C13H16N4O3. The summed E-state index contributed by atoms with van der Waals surface area (Å²) in [6.07, 6.45) is 0. The van der Waals surface area contributed by atoms with Crippen molar-refractivity contribution in [1.82, 2.24) is 10.1 Å². The van der Waals surface area contributed by atoms with Crippen molar-refractivity contribution in [2.24, 2.45) is 0 Å². The average Bonchev–Trinajstić information content (AvgIpc) is 2.97. The first-order chi connectivity index (χ1) is 9.78. The van der Waals surface area contributed by atoms with E-state index in [1.165, 1.54) is 0 Å². The molecule has 1 aromatic carbocycles. The van der Waals surface area contributed by atoms with E-state index in [0.29, 0.717) is 42.1 Å². The van der Waals surface area contributed by atoms with Gasteiger partial charge in [-0.1, -0.05) is 0 Å². The zero-order chi connectivity index (χ0) is 13.9. The summed E-state index contributed by atoms with van der Waals surface area (Å²) in [6, 6.07) is 5.35. The highest BCUT2D eigenvalue weighted by Gasteiger charge is 2.18. The fourth-order valence-electron chi connectivity index (χ4n) is 2.08. The topological polar surface area (TPSA) is 86.6 Å². The zero-order valence-electron chi connectivity index (χ0n) is 11.2. The fraction of sp³-hybridized carbons (Fsp3) is 0.385. The van der Waals surface area contributed by atoms with Crippen LogP contribution in [0.25, 0.3) is 11.5 Å². The lowest BCUT2D eigenvalue weighted by Gasteiger charge is -2.24. The zero-order valence-corrected chi connectivity index (χ0v) is 11.2. The minimum atomic E-state index is 0.409. The summed E-state index contributed by atoms with van der Waals surface area (Å²) in [7, 11) is 1.59. The summed E-state index contributed by atoms with van der Waals surface area (Å²) < 4.78 is 15.7. The standard InChI is InChI=1S/C13H16N4O3/c1-18-9-2-3-10(11(14)8-9)12-15-13(16-20-12)17-4-6-19-7-5-17/h2-3,8H,4-7,14H2,1H3. The Labute approximate surface area is 116 Å². The number of anilines is 2. The van der Waals surface area contributed by atoms with Crippen LogP contribution in [-0.2, 0) is 4.74 Å². The number of hydrogen-bond donors (Lipinski definition) is 1. The van der Waals surface area contributed by atoms with Crippen molar-refractivity contribution in [3.63, 3.8) is 0 Å². The number of aromatic nitrogens is 2. The Morgan fingerprint density at radius 3 is 2.80 bits per heavy atom. The molecule has 1 saturated heterocycles. The number of hydrogen-bond acceptors (Lipinski definition) is 7. The number of nitrogen functional groups attached to an aromatic ring is 1. The van der Waals surface area contributed by atoms with Gasteiger partial charge in [-0.05, 0) is 17.3 Å². The van der Waals surface area contributed by atoms with Crippen LogP contribution in [0.5, 0.6) is 5.75 Å². The Morgan fingerprint density at radius 2 is 2.10 bits per heavy atom. The summed E-state index contributed by atoms with van der Waals surface area (Å²) in [5.41, 5.74) is 7.22. The molecule has 3 rings (SSSR count). The second-order valence-corrected chi connectivity index (χ2v) is 4.45. The van der Waals surface area contributed by atoms with E-state index < -0.39 is 0 Å². The third-order valence-electron chi connectivity index (χ3n) is 3.20. The maximum Gasteiger partial charge on any atom is 0.266 e. The normalized spacial score (nSPS) is 15.3. The molecule has 0 radical (unpaired) electrons. The maximum atomic E-state index is 5.98. The van der Waals surface area contributed by atoms with Crippen LogP contribution in [0.3, 0.4) is 0 Å². The highest BCUT2D eigenvalue weighted by Crippen LogP contribution is 2.29. The number of morpholine rings is 1. The van der Waals surface area contributed by atoms with Crippen molar-refractivity contribution >= 4 is 11.6 Å². The molecule has 0 amide bonds. The Morgan fingerprint density at radius 1 is 1.30 bits per heavy atom. The molecule has 2 aromatic rings.